The molecule has 1 aliphatic heterocycles. The number of hydrogen-bond acceptors (Lipinski definition) is 4. The van der Waals surface area contributed by atoms with Crippen molar-refractivity contribution in [2.24, 2.45) is 0 Å². The molecule has 6 heteroatoms. The summed E-state index contributed by atoms with van der Waals surface area (Å²) in [5.74, 6) is -0.449. The van der Waals surface area contributed by atoms with Gasteiger partial charge in [-0.3, -0.25) is 4.79 Å². The molecule has 2 aromatic rings. The van der Waals surface area contributed by atoms with Crippen LogP contribution < -0.4 is 9.80 Å². The van der Waals surface area contributed by atoms with Crippen molar-refractivity contribution in [3.63, 3.8) is 0 Å². The number of rotatable bonds is 7. The van der Waals surface area contributed by atoms with Gasteiger partial charge in [-0.1, -0.05) is 25.0 Å². The second kappa shape index (κ2) is 10.0. The molecule has 0 N–H and O–H groups in total. The minimum absolute atomic E-state index is 0.158. The number of ether oxygens (including phenoxy) is 1. The van der Waals surface area contributed by atoms with Gasteiger partial charge in [-0.2, -0.15) is 0 Å². The molecule has 1 atom stereocenters. The van der Waals surface area contributed by atoms with E-state index in [0.717, 1.165) is 37.9 Å². The molecular formula is C26H34FN3O2. The van der Waals surface area contributed by atoms with E-state index < -0.39 is 0 Å². The van der Waals surface area contributed by atoms with E-state index >= 15 is 0 Å². The van der Waals surface area contributed by atoms with Crippen LogP contribution in [0.4, 0.5) is 15.8 Å². The molecule has 1 saturated carbocycles. The molecule has 1 amide bonds. The van der Waals surface area contributed by atoms with E-state index in [9.17, 15) is 9.18 Å². The fraction of sp³-hybridized carbons (Fsp3) is 0.500. The second-order valence-corrected chi connectivity index (χ2v) is 9.27. The smallest absolute Gasteiger partial charge is 0.258 e. The van der Waals surface area contributed by atoms with Gasteiger partial charge in [0.15, 0.2) is 0 Å². The van der Waals surface area contributed by atoms with Crippen molar-refractivity contribution < 1.29 is 13.9 Å². The number of carbonyl (C=O) groups is 1. The Balaban J connectivity index is 1.38. The van der Waals surface area contributed by atoms with Gasteiger partial charge >= 0.3 is 0 Å². The van der Waals surface area contributed by atoms with E-state index in [0.29, 0.717) is 35.7 Å². The third-order valence-electron chi connectivity index (χ3n) is 6.85. The molecule has 0 radical (unpaired) electrons. The molecule has 32 heavy (non-hydrogen) atoms. The van der Waals surface area contributed by atoms with Crippen LogP contribution in [-0.4, -0.2) is 57.2 Å². The van der Waals surface area contributed by atoms with Crippen LogP contribution in [-0.2, 0) is 11.3 Å². The molecule has 1 heterocycles. The molecule has 0 spiro atoms. The normalized spacial score (nSPS) is 19.2. The van der Waals surface area contributed by atoms with E-state index in [1.54, 1.807) is 13.1 Å². The fourth-order valence-corrected chi connectivity index (χ4v) is 4.67. The van der Waals surface area contributed by atoms with Gasteiger partial charge in [0.05, 0.1) is 18.4 Å². The molecule has 2 aliphatic rings. The van der Waals surface area contributed by atoms with E-state index in [4.69, 9.17) is 4.74 Å². The lowest BCUT2D eigenvalue weighted by Crippen LogP contribution is -2.31. The molecule has 2 fully saturated rings. The molecule has 1 aliphatic carbocycles. The van der Waals surface area contributed by atoms with Crippen molar-refractivity contribution in [3.8, 4) is 0 Å². The first-order valence-electron chi connectivity index (χ1n) is 11.6. The van der Waals surface area contributed by atoms with Crippen molar-refractivity contribution in [1.29, 1.82) is 0 Å². The first kappa shape index (κ1) is 22.7. The van der Waals surface area contributed by atoms with E-state index in [1.165, 1.54) is 23.8 Å². The first-order chi connectivity index (χ1) is 15.4. The number of hydrogen-bond donors (Lipinski definition) is 0. The zero-order chi connectivity index (χ0) is 22.7. The Labute approximate surface area is 190 Å². The SMILES string of the molecule is CN(C(=O)c1ccc(COC2CCCC2)cc1)c1ccc(N2CCC(N(C)C)C2)c(F)c1. The molecule has 5 nitrogen and oxygen atoms in total. The Morgan fingerprint density at radius 3 is 2.41 bits per heavy atom. The predicted molar refractivity (Wildman–Crippen MR) is 127 cm³/mol. The lowest BCUT2D eigenvalue weighted by Gasteiger charge is -2.24. The largest absolute Gasteiger partial charge is 0.374 e. The number of anilines is 2. The van der Waals surface area contributed by atoms with Crippen molar-refractivity contribution in [2.75, 3.05) is 44.0 Å². The Bertz CT molecular complexity index is 925. The highest BCUT2D eigenvalue weighted by atomic mass is 19.1. The number of halogens is 1. The Morgan fingerprint density at radius 1 is 1.06 bits per heavy atom. The Morgan fingerprint density at radius 2 is 1.78 bits per heavy atom. The van der Waals surface area contributed by atoms with E-state index in [-0.39, 0.29) is 11.7 Å². The van der Waals surface area contributed by atoms with Gasteiger partial charge in [-0.15, -0.1) is 0 Å². The molecule has 0 aromatic heterocycles. The van der Waals surface area contributed by atoms with Crippen molar-refractivity contribution in [2.45, 2.75) is 50.9 Å². The monoisotopic (exact) mass is 439 g/mol. The third-order valence-corrected chi connectivity index (χ3v) is 6.85. The highest BCUT2D eigenvalue weighted by Crippen LogP contribution is 2.29. The Hall–Kier alpha value is -2.44. The van der Waals surface area contributed by atoms with Crippen molar-refractivity contribution >= 4 is 17.3 Å². The van der Waals surface area contributed by atoms with Gasteiger partial charge < -0.3 is 19.4 Å². The standard InChI is InChI=1S/C26H34FN3O2/c1-28(2)22-14-15-30(17-22)25-13-12-21(16-24(25)27)29(3)26(31)20-10-8-19(9-11-20)18-32-23-6-4-5-7-23/h8-13,16,22-23H,4-7,14-15,17-18H2,1-3H3. The fourth-order valence-electron chi connectivity index (χ4n) is 4.67. The maximum atomic E-state index is 14.9. The minimum Gasteiger partial charge on any atom is -0.374 e. The van der Waals surface area contributed by atoms with Crippen LogP contribution in [0.15, 0.2) is 42.5 Å². The summed E-state index contributed by atoms with van der Waals surface area (Å²) in [6.07, 6.45) is 6.18. The lowest BCUT2D eigenvalue weighted by atomic mass is 10.1. The van der Waals surface area contributed by atoms with Crippen LogP contribution in [0.1, 0.15) is 48.0 Å². The van der Waals surface area contributed by atoms with Crippen molar-refractivity contribution in [1.82, 2.24) is 4.90 Å². The first-order valence-corrected chi connectivity index (χ1v) is 11.6. The quantitative estimate of drug-likeness (QED) is 0.627. The molecule has 2 aromatic carbocycles. The van der Waals surface area contributed by atoms with Gasteiger partial charge in [0, 0.05) is 37.4 Å². The maximum absolute atomic E-state index is 14.9. The number of carbonyl (C=O) groups excluding carboxylic acids is 1. The molecule has 1 saturated heterocycles. The predicted octanol–water partition coefficient (Wildman–Crippen LogP) is 4.70. The summed E-state index contributed by atoms with van der Waals surface area (Å²) >= 11 is 0. The molecule has 172 valence electrons. The summed E-state index contributed by atoms with van der Waals surface area (Å²) in [6.45, 7) is 2.23. The van der Waals surface area contributed by atoms with Gasteiger partial charge in [0.1, 0.15) is 5.82 Å². The Kier molecular flexibility index (Phi) is 7.11. The summed E-state index contributed by atoms with van der Waals surface area (Å²) in [6, 6.07) is 13.0. The molecule has 1 unspecified atom stereocenters. The highest BCUT2D eigenvalue weighted by molar-refractivity contribution is 6.05. The number of likely N-dealkylation sites (N-methyl/N-ethyl adjacent to an activating group) is 1. The minimum atomic E-state index is -0.291. The molecular weight excluding hydrogens is 405 g/mol. The second-order valence-electron chi connectivity index (χ2n) is 9.27. The summed E-state index contributed by atoms with van der Waals surface area (Å²) < 4.78 is 20.9. The molecule has 4 rings (SSSR count). The van der Waals surface area contributed by atoms with Gasteiger partial charge in [-0.05, 0) is 69.3 Å². The lowest BCUT2D eigenvalue weighted by molar-refractivity contribution is 0.0457. The number of nitrogens with zero attached hydrogens (tertiary/aromatic N) is 3. The van der Waals surface area contributed by atoms with Crippen LogP contribution in [0.3, 0.4) is 0 Å². The van der Waals surface area contributed by atoms with Crippen LogP contribution in [0.2, 0.25) is 0 Å². The van der Waals surface area contributed by atoms with Crippen LogP contribution >= 0.6 is 0 Å². The number of amides is 1. The van der Waals surface area contributed by atoms with Crippen LogP contribution in [0.5, 0.6) is 0 Å². The summed E-state index contributed by atoms with van der Waals surface area (Å²) in [7, 11) is 5.80. The van der Waals surface area contributed by atoms with Gasteiger partial charge in [0.25, 0.3) is 5.91 Å². The number of benzene rings is 2. The van der Waals surface area contributed by atoms with Crippen LogP contribution in [0.25, 0.3) is 0 Å². The average Bonchev–Trinajstić information content (AvgIpc) is 3.49. The highest BCUT2D eigenvalue weighted by Gasteiger charge is 2.26. The van der Waals surface area contributed by atoms with Crippen molar-refractivity contribution in [3.05, 3.63) is 59.4 Å². The summed E-state index contributed by atoms with van der Waals surface area (Å²) in [5.41, 5.74) is 2.79. The summed E-state index contributed by atoms with van der Waals surface area (Å²) in [4.78, 5) is 18.7. The zero-order valence-electron chi connectivity index (χ0n) is 19.4. The third kappa shape index (κ3) is 5.13. The zero-order valence-corrected chi connectivity index (χ0v) is 19.4. The van der Waals surface area contributed by atoms with Crippen LogP contribution in [0, 0.1) is 5.82 Å². The van der Waals surface area contributed by atoms with Gasteiger partial charge in [0.2, 0.25) is 0 Å². The molecule has 0 bridgehead atoms. The summed E-state index contributed by atoms with van der Waals surface area (Å²) in [5, 5.41) is 0. The maximum Gasteiger partial charge on any atom is 0.258 e. The van der Waals surface area contributed by atoms with E-state index in [1.807, 2.05) is 30.3 Å². The topological polar surface area (TPSA) is 36.0 Å². The van der Waals surface area contributed by atoms with Gasteiger partial charge in [-0.25, -0.2) is 4.39 Å². The van der Waals surface area contributed by atoms with E-state index in [2.05, 4.69) is 23.9 Å². The average molecular weight is 440 g/mol.